The van der Waals surface area contributed by atoms with Gasteiger partial charge in [0.05, 0.1) is 12.2 Å². The Bertz CT molecular complexity index is 247. The topological polar surface area (TPSA) is 21.3 Å². The lowest BCUT2D eigenvalue weighted by molar-refractivity contribution is 0.0950. The third kappa shape index (κ3) is 1.62. The van der Waals surface area contributed by atoms with Crippen LogP contribution in [0.25, 0.3) is 0 Å². The van der Waals surface area contributed by atoms with Gasteiger partial charge in [-0.25, -0.2) is 0 Å². The maximum atomic E-state index is 5.92. The Labute approximate surface area is 91.8 Å². The van der Waals surface area contributed by atoms with Crippen LogP contribution in [0.15, 0.2) is 0 Å². The standard InChI is InChI=1S/C13H21NO/c1-2-8(1)13(9-3-4-9)14-11-7-10-5-6-12(11)15-10/h8-14H,1-7H2/t10-,11+,12-/m1/s1. The highest BCUT2D eigenvalue weighted by molar-refractivity contribution is 5.02. The van der Waals surface area contributed by atoms with Gasteiger partial charge in [-0.1, -0.05) is 0 Å². The molecule has 4 aliphatic rings. The Morgan fingerprint density at radius 3 is 2.13 bits per heavy atom. The predicted molar refractivity (Wildman–Crippen MR) is 58.7 cm³/mol. The molecule has 0 aromatic carbocycles. The molecular formula is C13H21NO. The van der Waals surface area contributed by atoms with Gasteiger partial charge in [-0.15, -0.1) is 0 Å². The minimum atomic E-state index is 0.565. The first-order valence-corrected chi connectivity index (χ1v) is 6.81. The summed E-state index contributed by atoms with van der Waals surface area (Å²) in [6.07, 6.45) is 11.0. The van der Waals surface area contributed by atoms with Crippen LogP contribution in [0, 0.1) is 11.8 Å². The fourth-order valence-corrected chi connectivity index (χ4v) is 3.63. The van der Waals surface area contributed by atoms with Crippen molar-refractivity contribution in [2.24, 2.45) is 11.8 Å². The SMILES string of the molecule is C1CC1C(N[C@H]1C[C@H]2CC[C@H]1O2)C1CC1. The van der Waals surface area contributed by atoms with E-state index < -0.39 is 0 Å². The Morgan fingerprint density at radius 2 is 1.67 bits per heavy atom. The van der Waals surface area contributed by atoms with Crippen molar-refractivity contribution in [3.05, 3.63) is 0 Å². The van der Waals surface area contributed by atoms with Crippen LogP contribution in [0.4, 0.5) is 0 Å². The third-order valence-corrected chi connectivity index (χ3v) is 4.77. The van der Waals surface area contributed by atoms with Gasteiger partial charge in [0.15, 0.2) is 0 Å². The van der Waals surface area contributed by atoms with Crippen LogP contribution in [0.2, 0.25) is 0 Å². The van der Waals surface area contributed by atoms with E-state index in [1.54, 1.807) is 0 Å². The van der Waals surface area contributed by atoms with Crippen LogP contribution in [0.5, 0.6) is 0 Å². The van der Waals surface area contributed by atoms with Crippen molar-refractivity contribution in [2.45, 2.75) is 69.2 Å². The molecule has 15 heavy (non-hydrogen) atoms. The molecule has 4 fully saturated rings. The van der Waals surface area contributed by atoms with Crippen molar-refractivity contribution in [1.29, 1.82) is 0 Å². The van der Waals surface area contributed by atoms with E-state index in [-0.39, 0.29) is 0 Å². The first-order valence-electron chi connectivity index (χ1n) is 6.81. The Balaban J connectivity index is 1.41. The maximum Gasteiger partial charge on any atom is 0.0733 e. The fraction of sp³-hybridized carbons (Fsp3) is 1.00. The fourth-order valence-electron chi connectivity index (χ4n) is 3.63. The van der Waals surface area contributed by atoms with E-state index >= 15 is 0 Å². The van der Waals surface area contributed by atoms with Crippen molar-refractivity contribution in [1.82, 2.24) is 5.32 Å². The molecule has 0 aromatic heterocycles. The normalized spacial score (nSPS) is 44.2. The van der Waals surface area contributed by atoms with Gasteiger partial charge in [0.1, 0.15) is 0 Å². The molecule has 0 spiro atoms. The number of nitrogens with one attached hydrogen (secondary N) is 1. The minimum absolute atomic E-state index is 0.565. The molecule has 2 heterocycles. The summed E-state index contributed by atoms with van der Waals surface area (Å²) in [6, 6.07) is 1.56. The Kier molecular flexibility index (Phi) is 1.92. The molecule has 2 bridgehead atoms. The summed E-state index contributed by atoms with van der Waals surface area (Å²) >= 11 is 0. The third-order valence-electron chi connectivity index (χ3n) is 4.77. The zero-order valence-corrected chi connectivity index (χ0v) is 9.32. The van der Waals surface area contributed by atoms with Gasteiger partial charge < -0.3 is 10.1 Å². The molecule has 0 aromatic rings. The molecule has 1 N–H and O–H groups in total. The van der Waals surface area contributed by atoms with Crippen LogP contribution < -0.4 is 5.32 Å². The minimum Gasteiger partial charge on any atom is -0.373 e. The van der Waals surface area contributed by atoms with Crippen molar-refractivity contribution in [3.63, 3.8) is 0 Å². The number of ether oxygens (including phenoxy) is 1. The van der Waals surface area contributed by atoms with Crippen LogP contribution in [-0.4, -0.2) is 24.3 Å². The van der Waals surface area contributed by atoms with Crippen molar-refractivity contribution in [3.8, 4) is 0 Å². The predicted octanol–water partition coefficient (Wildman–Crippen LogP) is 2.08. The smallest absolute Gasteiger partial charge is 0.0733 e. The van der Waals surface area contributed by atoms with Gasteiger partial charge in [0.25, 0.3) is 0 Å². The molecule has 2 nitrogen and oxygen atoms in total. The largest absolute Gasteiger partial charge is 0.373 e. The first kappa shape index (κ1) is 9.00. The lowest BCUT2D eigenvalue weighted by atomic mass is 9.93. The molecule has 2 aliphatic carbocycles. The zero-order valence-electron chi connectivity index (χ0n) is 9.32. The molecule has 84 valence electrons. The second-order valence-corrected chi connectivity index (χ2v) is 6.08. The molecule has 2 aliphatic heterocycles. The summed E-state index contributed by atoms with van der Waals surface area (Å²) in [5.74, 6) is 2.05. The van der Waals surface area contributed by atoms with Gasteiger partial charge in [0.2, 0.25) is 0 Å². The maximum absolute atomic E-state index is 5.92. The van der Waals surface area contributed by atoms with E-state index in [1.165, 1.54) is 44.9 Å². The van der Waals surface area contributed by atoms with E-state index in [1.807, 2.05) is 0 Å². The average molecular weight is 207 g/mol. The highest BCUT2D eigenvalue weighted by Gasteiger charge is 2.46. The number of rotatable bonds is 4. The molecule has 2 saturated heterocycles. The Hall–Kier alpha value is -0.0800. The summed E-state index contributed by atoms with van der Waals surface area (Å²) in [5.41, 5.74) is 0. The second-order valence-electron chi connectivity index (χ2n) is 6.08. The van der Waals surface area contributed by atoms with Crippen LogP contribution >= 0.6 is 0 Å². The van der Waals surface area contributed by atoms with Crippen LogP contribution in [-0.2, 0) is 4.74 Å². The quantitative estimate of drug-likeness (QED) is 0.762. The van der Waals surface area contributed by atoms with E-state index in [4.69, 9.17) is 4.74 Å². The van der Waals surface area contributed by atoms with E-state index in [0.29, 0.717) is 18.2 Å². The second kappa shape index (κ2) is 3.21. The lowest BCUT2D eigenvalue weighted by Gasteiger charge is -2.27. The molecular weight excluding hydrogens is 186 g/mol. The first-order chi connectivity index (χ1) is 7.40. The summed E-state index contributed by atoms with van der Waals surface area (Å²) < 4.78 is 5.92. The highest BCUT2D eigenvalue weighted by atomic mass is 16.5. The summed E-state index contributed by atoms with van der Waals surface area (Å²) in [4.78, 5) is 0. The monoisotopic (exact) mass is 207 g/mol. The highest BCUT2D eigenvalue weighted by Crippen LogP contribution is 2.46. The molecule has 0 unspecified atom stereocenters. The number of fused-ring (bicyclic) bond motifs is 2. The van der Waals surface area contributed by atoms with Gasteiger partial charge in [-0.3, -0.25) is 0 Å². The molecule has 0 radical (unpaired) electrons. The molecule has 2 saturated carbocycles. The number of hydrogen-bond acceptors (Lipinski definition) is 2. The van der Waals surface area contributed by atoms with Crippen molar-refractivity contribution < 1.29 is 4.74 Å². The lowest BCUT2D eigenvalue weighted by Crippen LogP contribution is -2.45. The molecule has 2 heteroatoms. The van der Waals surface area contributed by atoms with Crippen LogP contribution in [0.3, 0.4) is 0 Å². The van der Waals surface area contributed by atoms with Crippen molar-refractivity contribution >= 4 is 0 Å². The summed E-state index contributed by atoms with van der Waals surface area (Å²) in [5, 5.41) is 3.95. The van der Waals surface area contributed by atoms with Crippen LogP contribution in [0.1, 0.15) is 44.9 Å². The van der Waals surface area contributed by atoms with Gasteiger partial charge in [0, 0.05) is 12.1 Å². The van der Waals surface area contributed by atoms with E-state index in [0.717, 1.165) is 17.9 Å². The van der Waals surface area contributed by atoms with E-state index in [2.05, 4.69) is 5.32 Å². The van der Waals surface area contributed by atoms with Gasteiger partial charge in [-0.05, 0) is 56.8 Å². The molecule has 0 amide bonds. The average Bonchev–Trinajstić information content (AvgIpc) is 3.16. The zero-order chi connectivity index (χ0) is 9.83. The Morgan fingerprint density at radius 1 is 0.933 bits per heavy atom. The number of hydrogen-bond donors (Lipinski definition) is 1. The van der Waals surface area contributed by atoms with Crippen molar-refractivity contribution in [2.75, 3.05) is 0 Å². The molecule has 3 atom stereocenters. The summed E-state index contributed by atoms with van der Waals surface area (Å²) in [6.45, 7) is 0. The summed E-state index contributed by atoms with van der Waals surface area (Å²) in [7, 11) is 0. The van der Waals surface area contributed by atoms with E-state index in [9.17, 15) is 0 Å². The molecule has 4 rings (SSSR count). The van der Waals surface area contributed by atoms with Gasteiger partial charge >= 0.3 is 0 Å². The van der Waals surface area contributed by atoms with Gasteiger partial charge in [-0.2, -0.15) is 0 Å².